The summed E-state index contributed by atoms with van der Waals surface area (Å²) in [5, 5.41) is 4.16. The van der Waals surface area contributed by atoms with E-state index in [1.54, 1.807) is 41.7 Å². The predicted molar refractivity (Wildman–Crippen MR) is 144 cm³/mol. The lowest BCUT2D eigenvalue weighted by atomic mass is 10.2. The van der Waals surface area contributed by atoms with Crippen molar-refractivity contribution in [1.29, 1.82) is 0 Å². The fourth-order valence-corrected chi connectivity index (χ4v) is 6.70. The van der Waals surface area contributed by atoms with Crippen molar-refractivity contribution in [3.05, 3.63) is 96.8 Å². The van der Waals surface area contributed by atoms with Crippen molar-refractivity contribution in [1.82, 2.24) is 9.97 Å². The zero-order chi connectivity index (χ0) is 24.4. The van der Waals surface area contributed by atoms with Gasteiger partial charge in [-0.2, -0.15) is 0 Å². The van der Waals surface area contributed by atoms with Crippen LogP contribution in [0.3, 0.4) is 0 Å². The summed E-state index contributed by atoms with van der Waals surface area (Å²) < 4.78 is 28.9. The van der Waals surface area contributed by atoms with Crippen LogP contribution in [-0.4, -0.2) is 24.9 Å². The first-order valence-corrected chi connectivity index (χ1v) is 13.5. The van der Waals surface area contributed by atoms with Crippen molar-refractivity contribution < 1.29 is 8.42 Å². The molecule has 0 saturated carbocycles. The second-order valence-corrected chi connectivity index (χ2v) is 10.8. The number of nitrogens with one attached hydrogen (secondary N) is 1. The average Bonchev–Trinajstić information content (AvgIpc) is 3.30. The van der Waals surface area contributed by atoms with E-state index in [2.05, 4.69) is 33.5 Å². The number of sulfonamides is 1. The highest BCUT2D eigenvalue weighted by atomic mass is 32.2. The largest absolute Gasteiger partial charge is 0.338 e. The number of para-hydroxylation sites is 2. The van der Waals surface area contributed by atoms with Crippen molar-refractivity contribution in [2.24, 2.45) is 0 Å². The second kappa shape index (κ2) is 9.48. The van der Waals surface area contributed by atoms with E-state index >= 15 is 0 Å². The standard InChI is InChI=1S/C27H24N4O2S2/c1-3-31(21-14-8-5-9-15-21)35(32,33)25-17-11-10-16-23(25)30-26-22-18-24(20-12-6-4-7-13-20)34-27(22)29-19(2)28-26/h4-18H,3H2,1-2H3,(H,28,29,30). The van der Waals surface area contributed by atoms with Gasteiger partial charge < -0.3 is 5.32 Å². The van der Waals surface area contributed by atoms with E-state index in [0.29, 0.717) is 29.6 Å². The molecule has 35 heavy (non-hydrogen) atoms. The summed E-state index contributed by atoms with van der Waals surface area (Å²) in [4.78, 5) is 11.4. The Kier molecular flexibility index (Phi) is 6.23. The van der Waals surface area contributed by atoms with Crippen molar-refractivity contribution in [2.45, 2.75) is 18.7 Å². The van der Waals surface area contributed by atoms with Gasteiger partial charge in [0.15, 0.2) is 0 Å². The highest BCUT2D eigenvalue weighted by Gasteiger charge is 2.26. The van der Waals surface area contributed by atoms with Crippen LogP contribution in [0.4, 0.5) is 17.2 Å². The van der Waals surface area contributed by atoms with Crippen LogP contribution in [0.2, 0.25) is 0 Å². The van der Waals surface area contributed by atoms with E-state index in [9.17, 15) is 8.42 Å². The molecule has 0 amide bonds. The summed E-state index contributed by atoms with van der Waals surface area (Å²) in [5.41, 5.74) is 2.19. The van der Waals surface area contributed by atoms with Crippen LogP contribution < -0.4 is 9.62 Å². The maximum atomic E-state index is 13.7. The molecule has 2 aromatic heterocycles. The van der Waals surface area contributed by atoms with Gasteiger partial charge in [-0.1, -0.05) is 60.7 Å². The van der Waals surface area contributed by atoms with Crippen LogP contribution in [-0.2, 0) is 10.0 Å². The topological polar surface area (TPSA) is 75.2 Å². The van der Waals surface area contributed by atoms with E-state index in [0.717, 1.165) is 20.7 Å². The predicted octanol–water partition coefficient (Wildman–Crippen LogP) is 6.63. The maximum Gasteiger partial charge on any atom is 0.266 e. The summed E-state index contributed by atoms with van der Waals surface area (Å²) >= 11 is 1.59. The summed E-state index contributed by atoms with van der Waals surface area (Å²) in [6, 6.07) is 28.2. The highest BCUT2D eigenvalue weighted by Crippen LogP contribution is 2.37. The van der Waals surface area contributed by atoms with E-state index in [1.165, 1.54) is 4.31 Å². The number of fused-ring (bicyclic) bond motifs is 1. The highest BCUT2D eigenvalue weighted by molar-refractivity contribution is 7.93. The van der Waals surface area contributed by atoms with Crippen molar-refractivity contribution >= 4 is 48.8 Å². The number of anilines is 3. The van der Waals surface area contributed by atoms with Crippen molar-refractivity contribution in [3.8, 4) is 10.4 Å². The molecular weight excluding hydrogens is 476 g/mol. The smallest absolute Gasteiger partial charge is 0.266 e. The van der Waals surface area contributed by atoms with Gasteiger partial charge in [0.25, 0.3) is 10.0 Å². The Morgan fingerprint density at radius 3 is 2.26 bits per heavy atom. The first-order chi connectivity index (χ1) is 17.0. The van der Waals surface area contributed by atoms with Crippen LogP contribution in [0, 0.1) is 6.92 Å². The van der Waals surface area contributed by atoms with E-state index < -0.39 is 10.0 Å². The molecule has 2 heterocycles. The lowest BCUT2D eigenvalue weighted by Gasteiger charge is -2.24. The van der Waals surface area contributed by atoms with Crippen LogP contribution in [0.25, 0.3) is 20.7 Å². The van der Waals surface area contributed by atoms with Gasteiger partial charge in [-0.3, -0.25) is 4.31 Å². The molecule has 0 radical (unpaired) electrons. The molecular formula is C27H24N4O2S2. The Bertz CT molecular complexity index is 1580. The first kappa shape index (κ1) is 23.0. The Morgan fingerprint density at radius 2 is 1.54 bits per heavy atom. The average molecular weight is 501 g/mol. The van der Waals surface area contributed by atoms with Crippen LogP contribution in [0.15, 0.2) is 95.9 Å². The molecule has 5 aromatic rings. The number of rotatable bonds is 7. The number of aryl methyl sites for hydroxylation is 1. The number of hydrogen-bond acceptors (Lipinski definition) is 6. The third kappa shape index (κ3) is 4.50. The summed E-state index contributed by atoms with van der Waals surface area (Å²) in [6.07, 6.45) is 0. The van der Waals surface area contributed by atoms with Crippen LogP contribution in [0.1, 0.15) is 12.7 Å². The number of hydrogen-bond donors (Lipinski definition) is 1. The number of thiophene rings is 1. The van der Waals surface area contributed by atoms with Gasteiger partial charge in [-0.25, -0.2) is 18.4 Å². The van der Waals surface area contributed by atoms with Crippen LogP contribution in [0.5, 0.6) is 0 Å². The molecule has 0 atom stereocenters. The second-order valence-electron chi connectivity index (χ2n) is 7.94. The first-order valence-electron chi connectivity index (χ1n) is 11.2. The fourth-order valence-electron chi connectivity index (χ4n) is 3.99. The molecule has 0 fully saturated rings. The Balaban J connectivity index is 1.58. The molecule has 6 nitrogen and oxygen atoms in total. The number of nitrogens with zero attached hydrogens (tertiary/aromatic N) is 3. The summed E-state index contributed by atoms with van der Waals surface area (Å²) in [7, 11) is -3.83. The third-order valence-electron chi connectivity index (χ3n) is 5.60. The Hall–Kier alpha value is -3.75. The van der Waals surface area contributed by atoms with Crippen molar-refractivity contribution in [3.63, 3.8) is 0 Å². The molecule has 0 aliphatic heterocycles. The van der Waals surface area contributed by atoms with Crippen molar-refractivity contribution in [2.75, 3.05) is 16.2 Å². The molecule has 0 bridgehead atoms. The maximum absolute atomic E-state index is 13.7. The lowest BCUT2D eigenvalue weighted by Crippen LogP contribution is -2.31. The molecule has 0 unspecified atom stereocenters. The minimum Gasteiger partial charge on any atom is -0.338 e. The Labute approximate surface area is 209 Å². The minimum absolute atomic E-state index is 0.189. The van der Waals surface area contributed by atoms with Gasteiger partial charge in [-0.15, -0.1) is 11.3 Å². The van der Waals surface area contributed by atoms with Crippen LogP contribution >= 0.6 is 11.3 Å². The molecule has 5 rings (SSSR count). The molecule has 3 aromatic carbocycles. The third-order valence-corrected chi connectivity index (χ3v) is 8.64. The normalized spacial score (nSPS) is 11.5. The number of benzene rings is 3. The van der Waals surface area contributed by atoms with Gasteiger partial charge in [-0.05, 0) is 49.7 Å². The van der Waals surface area contributed by atoms with E-state index in [1.807, 2.05) is 56.3 Å². The monoisotopic (exact) mass is 500 g/mol. The summed E-state index contributed by atoms with van der Waals surface area (Å²) in [6.45, 7) is 3.97. The molecule has 176 valence electrons. The van der Waals surface area contributed by atoms with Gasteiger partial charge in [0, 0.05) is 11.4 Å². The molecule has 0 saturated heterocycles. The Morgan fingerprint density at radius 1 is 0.886 bits per heavy atom. The van der Waals surface area contributed by atoms with Gasteiger partial charge in [0.2, 0.25) is 0 Å². The van der Waals surface area contributed by atoms with Gasteiger partial charge in [0.05, 0.1) is 16.8 Å². The SMILES string of the molecule is CCN(c1ccccc1)S(=O)(=O)c1ccccc1Nc1nc(C)nc2sc(-c3ccccc3)cc12. The van der Waals surface area contributed by atoms with E-state index in [-0.39, 0.29) is 4.90 Å². The minimum atomic E-state index is -3.83. The van der Waals surface area contributed by atoms with E-state index in [4.69, 9.17) is 0 Å². The summed E-state index contributed by atoms with van der Waals surface area (Å²) in [5.74, 6) is 1.19. The molecule has 1 N–H and O–H groups in total. The van der Waals surface area contributed by atoms with Gasteiger partial charge >= 0.3 is 0 Å². The lowest BCUT2D eigenvalue weighted by molar-refractivity contribution is 0.592. The molecule has 0 spiro atoms. The number of aromatic nitrogens is 2. The fraction of sp³-hybridized carbons (Fsp3) is 0.111. The quantitative estimate of drug-likeness (QED) is 0.272. The molecule has 8 heteroatoms. The zero-order valence-corrected chi connectivity index (χ0v) is 21.0. The zero-order valence-electron chi connectivity index (χ0n) is 19.3. The molecule has 0 aliphatic rings. The molecule has 0 aliphatic carbocycles. The van der Waals surface area contributed by atoms with Gasteiger partial charge in [0.1, 0.15) is 21.4 Å².